The molecule has 2 fully saturated rings. The van der Waals surface area contributed by atoms with E-state index in [0.29, 0.717) is 18.9 Å². The molecule has 1 saturated heterocycles. The van der Waals surface area contributed by atoms with Crippen molar-refractivity contribution in [1.29, 1.82) is 0 Å². The normalized spacial score (nSPS) is 31.0. The predicted octanol–water partition coefficient (Wildman–Crippen LogP) is 1.90. The number of hydrogen-bond acceptors (Lipinski definition) is 3. The Balaban J connectivity index is 2.04. The molecule has 0 atom stereocenters. The molecule has 2 aliphatic rings. The van der Waals surface area contributed by atoms with Gasteiger partial charge in [-0.05, 0) is 43.4 Å². The summed E-state index contributed by atoms with van der Waals surface area (Å²) in [6, 6.07) is -0.294. The second kappa shape index (κ2) is 5.35. The molecule has 0 aromatic rings. The molecule has 3 amide bonds. The molecular formula is C15H26N2O3. The van der Waals surface area contributed by atoms with Crippen LogP contribution in [0.1, 0.15) is 52.9 Å². The van der Waals surface area contributed by atoms with E-state index in [1.54, 1.807) is 0 Å². The molecule has 2 N–H and O–H groups in total. The number of aliphatic hydroxyl groups excluding tert-OH is 1. The van der Waals surface area contributed by atoms with Gasteiger partial charge in [0, 0.05) is 13.2 Å². The van der Waals surface area contributed by atoms with E-state index in [-0.39, 0.29) is 24.0 Å². The van der Waals surface area contributed by atoms with Crippen molar-refractivity contribution in [3.05, 3.63) is 0 Å². The summed E-state index contributed by atoms with van der Waals surface area (Å²) in [7, 11) is 0. The fourth-order valence-corrected chi connectivity index (χ4v) is 3.42. The van der Waals surface area contributed by atoms with Gasteiger partial charge in [0.1, 0.15) is 5.54 Å². The molecule has 1 saturated carbocycles. The van der Waals surface area contributed by atoms with E-state index in [2.05, 4.69) is 26.1 Å². The Kier molecular flexibility index (Phi) is 4.09. The first-order chi connectivity index (χ1) is 9.30. The smallest absolute Gasteiger partial charge is 0.325 e. The van der Waals surface area contributed by atoms with Crippen LogP contribution in [0, 0.1) is 11.3 Å². The van der Waals surface area contributed by atoms with E-state index >= 15 is 0 Å². The zero-order chi connectivity index (χ0) is 15.0. The van der Waals surface area contributed by atoms with Crippen molar-refractivity contribution in [2.75, 3.05) is 13.2 Å². The van der Waals surface area contributed by atoms with Crippen LogP contribution in [0.15, 0.2) is 0 Å². The quantitative estimate of drug-likeness (QED) is 0.777. The first-order valence-electron chi connectivity index (χ1n) is 7.55. The number of nitrogens with zero attached hydrogens (tertiary/aromatic N) is 1. The van der Waals surface area contributed by atoms with Crippen molar-refractivity contribution in [2.24, 2.45) is 11.3 Å². The SMILES string of the molecule is CC(C)(C)C1CCC2(CC1)NC(=O)N(CCCO)C2=O. The Morgan fingerprint density at radius 2 is 1.90 bits per heavy atom. The third-order valence-electron chi connectivity index (χ3n) is 4.85. The number of nitrogens with one attached hydrogen (secondary N) is 1. The fourth-order valence-electron chi connectivity index (χ4n) is 3.42. The summed E-state index contributed by atoms with van der Waals surface area (Å²) in [5.74, 6) is 0.507. The van der Waals surface area contributed by atoms with Gasteiger partial charge in [-0.15, -0.1) is 0 Å². The van der Waals surface area contributed by atoms with Crippen LogP contribution in [0.2, 0.25) is 0 Å². The highest BCUT2D eigenvalue weighted by Gasteiger charge is 2.52. The second-order valence-corrected chi connectivity index (χ2v) is 7.19. The van der Waals surface area contributed by atoms with Crippen LogP contribution in [0.3, 0.4) is 0 Å². The summed E-state index contributed by atoms with van der Waals surface area (Å²) in [4.78, 5) is 25.7. The highest BCUT2D eigenvalue weighted by Crippen LogP contribution is 2.43. The molecule has 20 heavy (non-hydrogen) atoms. The Morgan fingerprint density at radius 3 is 2.40 bits per heavy atom. The second-order valence-electron chi connectivity index (χ2n) is 7.19. The monoisotopic (exact) mass is 282 g/mol. The van der Waals surface area contributed by atoms with Crippen LogP contribution in [-0.2, 0) is 4.79 Å². The van der Waals surface area contributed by atoms with Gasteiger partial charge in [0.15, 0.2) is 0 Å². The molecule has 114 valence electrons. The van der Waals surface area contributed by atoms with E-state index in [1.807, 2.05) is 0 Å². The van der Waals surface area contributed by atoms with Gasteiger partial charge in [-0.1, -0.05) is 20.8 Å². The lowest BCUT2D eigenvalue weighted by Crippen LogP contribution is -2.50. The van der Waals surface area contributed by atoms with Gasteiger partial charge in [-0.25, -0.2) is 4.79 Å². The lowest BCUT2D eigenvalue weighted by Gasteiger charge is -2.40. The molecule has 5 heteroatoms. The number of carbonyl (C=O) groups excluding carboxylic acids is 2. The Bertz CT molecular complexity index is 392. The fraction of sp³-hybridized carbons (Fsp3) is 0.867. The first kappa shape index (κ1) is 15.3. The molecule has 0 radical (unpaired) electrons. The summed E-state index contributed by atoms with van der Waals surface area (Å²) in [5, 5.41) is 11.8. The molecule has 1 aliphatic heterocycles. The van der Waals surface area contributed by atoms with Crippen LogP contribution in [0.25, 0.3) is 0 Å². The van der Waals surface area contributed by atoms with E-state index in [9.17, 15) is 9.59 Å². The molecule has 2 rings (SSSR count). The predicted molar refractivity (Wildman–Crippen MR) is 76.1 cm³/mol. The average molecular weight is 282 g/mol. The van der Waals surface area contributed by atoms with Crippen molar-refractivity contribution in [2.45, 2.75) is 58.4 Å². The van der Waals surface area contributed by atoms with Gasteiger partial charge < -0.3 is 10.4 Å². The molecule has 0 bridgehead atoms. The molecule has 0 aromatic carbocycles. The zero-order valence-electron chi connectivity index (χ0n) is 12.7. The number of carbonyl (C=O) groups is 2. The van der Waals surface area contributed by atoms with Gasteiger partial charge in [-0.3, -0.25) is 9.69 Å². The maximum atomic E-state index is 12.5. The number of rotatable bonds is 3. The average Bonchev–Trinajstić information content (AvgIpc) is 2.59. The van der Waals surface area contributed by atoms with Crippen LogP contribution >= 0.6 is 0 Å². The number of imide groups is 1. The number of hydrogen-bond donors (Lipinski definition) is 2. The lowest BCUT2D eigenvalue weighted by molar-refractivity contribution is -0.133. The van der Waals surface area contributed by atoms with Crippen LogP contribution in [-0.4, -0.2) is 40.6 Å². The van der Waals surface area contributed by atoms with E-state index in [0.717, 1.165) is 25.7 Å². The molecule has 0 unspecified atom stereocenters. The minimum atomic E-state index is -0.672. The third kappa shape index (κ3) is 2.68. The third-order valence-corrected chi connectivity index (χ3v) is 4.85. The molecule has 0 aromatic heterocycles. The molecular weight excluding hydrogens is 256 g/mol. The molecule has 1 aliphatic carbocycles. The van der Waals surface area contributed by atoms with Crippen molar-refractivity contribution in [3.8, 4) is 0 Å². The summed E-state index contributed by atoms with van der Waals surface area (Å²) in [5.41, 5.74) is -0.419. The van der Waals surface area contributed by atoms with Gasteiger partial charge in [0.2, 0.25) is 0 Å². The van der Waals surface area contributed by atoms with Gasteiger partial charge >= 0.3 is 6.03 Å². The van der Waals surface area contributed by atoms with Crippen molar-refractivity contribution in [1.82, 2.24) is 10.2 Å². The summed E-state index contributed by atoms with van der Waals surface area (Å²) in [6.45, 7) is 7.01. The zero-order valence-corrected chi connectivity index (χ0v) is 12.7. The topological polar surface area (TPSA) is 69.6 Å². The Labute approximate surface area is 120 Å². The van der Waals surface area contributed by atoms with Gasteiger partial charge in [-0.2, -0.15) is 0 Å². The minimum Gasteiger partial charge on any atom is -0.396 e. The Morgan fingerprint density at radius 1 is 1.30 bits per heavy atom. The maximum absolute atomic E-state index is 12.5. The van der Waals surface area contributed by atoms with Crippen molar-refractivity contribution >= 4 is 11.9 Å². The minimum absolute atomic E-state index is 0.00381. The van der Waals surface area contributed by atoms with Crippen molar-refractivity contribution < 1.29 is 14.7 Å². The first-order valence-corrected chi connectivity index (χ1v) is 7.55. The van der Waals surface area contributed by atoms with E-state index < -0.39 is 5.54 Å². The maximum Gasteiger partial charge on any atom is 0.325 e. The Hall–Kier alpha value is -1.10. The lowest BCUT2D eigenvalue weighted by atomic mass is 9.67. The molecule has 1 spiro atoms. The largest absolute Gasteiger partial charge is 0.396 e. The van der Waals surface area contributed by atoms with Crippen LogP contribution in [0.4, 0.5) is 4.79 Å². The summed E-state index contributed by atoms with van der Waals surface area (Å²) < 4.78 is 0. The summed E-state index contributed by atoms with van der Waals surface area (Å²) in [6.07, 6.45) is 3.86. The number of urea groups is 1. The van der Waals surface area contributed by atoms with Gasteiger partial charge in [0.25, 0.3) is 5.91 Å². The highest BCUT2D eigenvalue weighted by atomic mass is 16.3. The van der Waals surface area contributed by atoms with Gasteiger partial charge in [0.05, 0.1) is 0 Å². The van der Waals surface area contributed by atoms with Crippen molar-refractivity contribution in [3.63, 3.8) is 0 Å². The standard InChI is InChI=1S/C15H26N2O3/c1-14(2,3)11-5-7-15(8-6-11)12(19)17(9-4-10-18)13(20)16-15/h11,18H,4-10H2,1-3H3,(H,16,20). The van der Waals surface area contributed by atoms with Crippen LogP contribution < -0.4 is 5.32 Å². The highest BCUT2D eigenvalue weighted by molar-refractivity contribution is 6.07. The molecule has 5 nitrogen and oxygen atoms in total. The van der Waals surface area contributed by atoms with Crippen LogP contribution in [0.5, 0.6) is 0 Å². The molecule has 1 heterocycles. The number of amides is 3. The van der Waals surface area contributed by atoms with E-state index in [4.69, 9.17) is 5.11 Å². The number of aliphatic hydroxyl groups is 1. The van der Waals surface area contributed by atoms with E-state index in [1.165, 1.54) is 4.90 Å². The summed E-state index contributed by atoms with van der Waals surface area (Å²) >= 11 is 0.